The van der Waals surface area contributed by atoms with E-state index in [-0.39, 0.29) is 5.91 Å². The molecule has 2 aromatic carbocycles. The Bertz CT molecular complexity index is 1270. The van der Waals surface area contributed by atoms with Crippen molar-refractivity contribution in [3.8, 4) is 11.3 Å². The van der Waals surface area contributed by atoms with E-state index in [0.717, 1.165) is 45.5 Å². The van der Waals surface area contributed by atoms with E-state index in [1.165, 1.54) is 5.56 Å². The van der Waals surface area contributed by atoms with Gasteiger partial charge in [0.25, 0.3) is 5.91 Å². The standard InChI is InChI=1S/C26H23BrN4O/c1-18-5-7-19(8-6-18)24-17-22(21-16-20(27)9-10-23(21)29-24)26(32)31-14-12-30(13-15-31)25-4-2-3-11-28-25/h2-11,16-17H,12-15H2,1H3. The van der Waals surface area contributed by atoms with E-state index in [1.807, 2.05) is 47.4 Å². The third-order valence-corrected chi connectivity index (χ3v) is 6.38. The summed E-state index contributed by atoms with van der Waals surface area (Å²) in [5, 5.41) is 0.868. The van der Waals surface area contributed by atoms with Crippen LogP contribution in [0.25, 0.3) is 22.2 Å². The molecule has 1 amide bonds. The van der Waals surface area contributed by atoms with Crippen LogP contribution in [0.1, 0.15) is 15.9 Å². The summed E-state index contributed by atoms with van der Waals surface area (Å²) in [5.41, 5.74) is 4.53. The van der Waals surface area contributed by atoms with Gasteiger partial charge in [0.1, 0.15) is 5.82 Å². The van der Waals surface area contributed by atoms with Crippen molar-refractivity contribution in [2.45, 2.75) is 6.92 Å². The summed E-state index contributed by atoms with van der Waals surface area (Å²) in [6.07, 6.45) is 1.81. The fraction of sp³-hybridized carbons (Fsp3) is 0.192. The van der Waals surface area contributed by atoms with E-state index in [4.69, 9.17) is 4.98 Å². The zero-order chi connectivity index (χ0) is 22.1. The summed E-state index contributed by atoms with van der Waals surface area (Å²) in [6, 6.07) is 22.0. The van der Waals surface area contributed by atoms with Crippen LogP contribution in [0.2, 0.25) is 0 Å². The van der Waals surface area contributed by atoms with Gasteiger partial charge in [-0.1, -0.05) is 51.8 Å². The molecule has 0 radical (unpaired) electrons. The lowest BCUT2D eigenvalue weighted by atomic mass is 10.0. The number of benzene rings is 2. The largest absolute Gasteiger partial charge is 0.353 e. The first-order chi connectivity index (χ1) is 15.6. The zero-order valence-corrected chi connectivity index (χ0v) is 19.4. The number of aromatic nitrogens is 2. The topological polar surface area (TPSA) is 49.3 Å². The van der Waals surface area contributed by atoms with E-state index >= 15 is 0 Å². The molecule has 6 heteroatoms. The molecule has 2 aromatic heterocycles. The molecule has 0 bridgehead atoms. The molecule has 1 saturated heterocycles. The van der Waals surface area contributed by atoms with Crippen LogP contribution in [0.3, 0.4) is 0 Å². The third kappa shape index (κ3) is 4.10. The lowest BCUT2D eigenvalue weighted by molar-refractivity contribution is 0.0748. The lowest BCUT2D eigenvalue weighted by Crippen LogP contribution is -2.49. The number of fused-ring (bicyclic) bond motifs is 1. The average Bonchev–Trinajstić information content (AvgIpc) is 2.84. The second kappa shape index (κ2) is 8.71. The Morgan fingerprint density at radius 3 is 2.44 bits per heavy atom. The number of anilines is 1. The van der Waals surface area contributed by atoms with Gasteiger partial charge in [0.05, 0.1) is 16.8 Å². The first-order valence-corrected chi connectivity index (χ1v) is 11.5. The lowest BCUT2D eigenvalue weighted by Gasteiger charge is -2.35. The monoisotopic (exact) mass is 486 g/mol. The molecule has 5 rings (SSSR count). The maximum Gasteiger partial charge on any atom is 0.254 e. The molecular weight excluding hydrogens is 464 g/mol. The van der Waals surface area contributed by atoms with Crippen molar-refractivity contribution in [1.29, 1.82) is 0 Å². The number of hydrogen-bond donors (Lipinski definition) is 0. The molecular formula is C26H23BrN4O. The van der Waals surface area contributed by atoms with Gasteiger partial charge in [0.2, 0.25) is 0 Å². The highest BCUT2D eigenvalue weighted by molar-refractivity contribution is 9.10. The zero-order valence-electron chi connectivity index (χ0n) is 17.8. The van der Waals surface area contributed by atoms with Crippen LogP contribution >= 0.6 is 15.9 Å². The number of amides is 1. The summed E-state index contributed by atoms with van der Waals surface area (Å²) in [6.45, 7) is 4.91. The molecule has 1 aliphatic rings. The van der Waals surface area contributed by atoms with Gasteiger partial charge < -0.3 is 9.80 Å². The molecule has 0 atom stereocenters. The number of hydrogen-bond acceptors (Lipinski definition) is 4. The van der Waals surface area contributed by atoms with Crippen LogP contribution < -0.4 is 4.90 Å². The molecule has 1 aliphatic heterocycles. The van der Waals surface area contributed by atoms with Gasteiger partial charge in [-0.2, -0.15) is 0 Å². The van der Waals surface area contributed by atoms with Gasteiger partial charge in [0.15, 0.2) is 0 Å². The Labute approximate surface area is 195 Å². The summed E-state index contributed by atoms with van der Waals surface area (Å²) in [7, 11) is 0. The van der Waals surface area contributed by atoms with Gasteiger partial charge in [-0.3, -0.25) is 4.79 Å². The Kier molecular flexibility index (Phi) is 5.62. The number of rotatable bonds is 3. The van der Waals surface area contributed by atoms with Crippen LogP contribution in [-0.4, -0.2) is 47.0 Å². The summed E-state index contributed by atoms with van der Waals surface area (Å²) >= 11 is 3.55. The number of nitrogens with zero attached hydrogens (tertiary/aromatic N) is 4. The molecule has 0 unspecified atom stereocenters. The molecule has 0 N–H and O–H groups in total. The van der Waals surface area contributed by atoms with E-state index < -0.39 is 0 Å². The highest BCUT2D eigenvalue weighted by Crippen LogP contribution is 2.29. The van der Waals surface area contributed by atoms with Crippen molar-refractivity contribution in [3.05, 3.63) is 88.5 Å². The second-order valence-electron chi connectivity index (χ2n) is 8.05. The van der Waals surface area contributed by atoms with Crippen LogP contribution in [-0.2, 0) is 0 Å². The van der Waals surface area contributed by atoms with Gasteiger partial charge >= 0.3 is 0 Å². The minimum atomic E-state index is 0.0459. The van der Waals surface area contributed by atoms with Crippen LogP contribution in [0.4, 0.5) is 5.82 Å². The number of piperazine rings is 1. The fourth-order valence-electron chi connectivity index (χ4n) is 4.10. The van der Waals surface area contributed by atoms with Crippen molar-refractivity contribution in [1.82, 2.24) is 14.9 Å². The quantitative estimate of drug-likeness (QED) is 0.392. The predicted octanol–water partition coefficient (Wildman–Crippen LogP) is 5.33. The van der Waals surface area contributed by atoms with Crippen LogP contribution in [0, 0.1) is 6.92 Å². The number of halogens is 1. The van der Waals surface area contributed by atoms with Gasteiger partial charge in [-0.25, -0.2) is 9.97 Å². The highest BCUT2D eigenvalue weighted by atomic mass is 79.9. The second-order valence-corrected chi connectivity index (χ2v) is 8.97. The minimum absolute atomic E-state index is 0.0459. The van der Waals surface area contributed by atoms with Gasteiger partial charge in [0, 0.05) is 47.8 Å². The van der Waals surface area contributed by atoms with Crippen molar-refractivity contribution in [2.75, 3.05) is 31.1 Å². The fourth-order valence-corrected chi connectivity index (χ4v) is 4.46. The number of carbonyl (C=O) groups is 1. The number of pyridine rings is 2. The minimum Gasteiger partial charge on any atom is -0.353 e. The van der Waals surface area contributed by atoms with Crippen LogP contribution in [0.5, 0.6) is 0 Å². The summed E-state index contributed by atoms with van der Waals surface area (Å²) < 4.78 is 0.934. The van der Waals surface area contributed by atoms with Crippen molar-refractivity contribution in [2.24, 2.45) is 0 Å². The Hall–Kier alpha value is -3.25. The molecule has 0 spiro atoms. The Morgan fingerprint density at radius 2 is 1.72 bits per heavy atom. The predicted molar refractivity (Wildman–Crippen MR) is 132 cm³/mol. The highest BCUT2D eigenvalue weighted by Gasteiger charge is 2.25. The normalized spacial score (nSPS) is 14.1. The summed E-state index contributed by atoms with van der Waals surface area (Å²) in [5.74, 6) is 1.00. The first-order valence-electron chi connectivity index (χ1n) is 10.7. The molecule has 0 aliphatic carbocycles. The molecule has 160 valence electrons. The van der Waals surface area contributed by atoms with Gasteiger partial charge in [-0.15, -0.1) is 0 Å². The molecule has 32 heavy (non-hydrogen) atoms. The summed E-state index contributed by atoms with van der Waals surface area (Å²) in [4.78, 5) is 27.1. The molecule has 3 heterocycles. The molecule has 0 saturated carbocycles. The number of aryl methyl sites for hydroxylation is 1. The first kappa shape index (κ1) is 20.6. The van der Waals surface area contributed by atoms with Crippen molar-refractivity contribution in [3.63, 3.8) is 0 Å². The van der Waals surface area contributed by atoms with Crippen LogP contribution in [0.15, 0.2) is 77.4 Å². The maximum absolute atomic E-state index is 13.7. The molecule has 1 fully saturated rings. The Morgan fingerprint density at radius 1 is 0.938 bits per heavy atom. The van der Waals surface area contributed by atoms with E-state index in [0.29, 0.717) is 18.7 Å². The number of carbonyl (C=O) groups excluding carboxylic acids is 1. The molecule has 4 aromatic rings. The van der Waals surface area contributed by atoms with E-state index in [1.54, 1.807) is 6.20 Å². The third-order valence-electron chi connectivity index (χ3n) is 5.89. The smallest absolute Gasteiger partial charge is 0.254 e. The maximum atomic E-state index is 13.7. The SMILES string of the molecule is Cc1ccc(-c2cc(C(=O)N3CCN(c4ccccn4)CC3)c3cc(Br)ccc3n2)cc1. The van der Waals surface area contributed by atoms with E-state index in [9.17, 15) is 4.79 Å². The Balaban J connectivity index is 1.47. The van der Waals surface area contributed by atoms with Crippen molar-refractivity contribution < 1.29 is 4.79 Å². The van der Waals surface area contributed by atoms with E-state index in [2.05, 4.69) is 57.0 Å². The average molecular weight is 487 g/mol. The van der Waals surface area contributed by atoms with Gasteiger partial charge in [-0.05, 0) is 43.3 Å². The molecule has 5 nitrogen and oxygen atoms in total. The van der Waals surface area contributed by atoms with Crippen molar-refractivity contribution >= 4 is 38.6 Å².